The van der Waals surface area contributed by atoms with Crippen LogP contribution in [0.25, 0.3) is 0 Å². The fraction of sp³-hybridized carbons (Fsp3) is 0.571. The number of nitrogens with zero attached hydrogens (tertiary/aromatic N) is 1. The van der Waals surface area contributed by atoms with E-state index in [1.165, 1.54) is 5.56 Å². The van der Waals surface area contributed by atoms with Gasteiger partial charge in [0, 0.05) is 18.6 Å². The highest BCUT2D eigenvalue weighted by Crippen LogP contribution is 2.13. The van der Waals surface area contributed by atoms with Crippen LogP contribution in [0.1, 0.15) is 19.4 Å². The van der Waals surface area contributed by atoms with Gasteiger partial charge in [-0.3, -0.25) is 0 Å². The normalized spacial score (nSPS) is 11.9. The predicted octanol–water partition coefficient (Wildman–Crippen LogP) is 2.12. The summed E-state index contributed by atoms with van der Waals surface area (Å²) in [4.78, 5) is 2.23. The van der Waals surface area contributed by atoms with Gasteiger partial charge in [0.05, 0.1) is 7.11 Å². The highest BCUT2D eigenvalue weighted by Gasteiger charge is 2.19. The lowest BCUT2D eigenvalue weighted by Gasteiger charge is -2.32. The lowest BCUT2D eigenvalue weighted by atomic mass is 10.0. The van der Waals surface area contributed by atoms with Gasteiger partial charge in [-0.25, -0.2) is 0 Å². The van der Waals surface area contributed by atoms with Crippen molar-refractivity contribution in [3.8, 4) is 5.75 Å². The summed E-state index contributed by atoms with van der Waals surface area (Å²) >= 11 is 0. The zero-order valence-electron chi connectivity index (χ0n) is 11.6. The Labute approximate surface area is 105 Å². The van der Waals surface area contributed by atoms with E-state index in [-0.39, 0.29) is 5.54 Å². The number of likely N-dealkylation sites (N-methyl/N-ethyl adjacent to an activating group) is 1. The van der Waals surface area contributed by atoms with Crippen molar-refractivity contribution in [2.24, 2.45) is 0 Å². The van der Waals surface area contributed by atoms with Crippen LogP contribution in [0, 0.1) is 0 Å². The van der Waals surface area contributed by atoms with Crippen LogP contribution in [0.3, 0.4) is 0 Å². The summed E-state index contributed by atoms with van der Waals surface area (Å²) in [6, 6.07) is 8.16. The maximum Gasteiger partial charge on any atom is 0.119 e. The first kappa shape index (κ1) is 14.0. The predicted molar refractivity (Wildman–Crippen MR) is 72.5 cm³/mol. The summed E-state index contributed by atoms with van der Waals surface area (Å²) in [6.07, 6.45) is 0. The Bertz CT molecular complexity index is 348. The summed E-state index contributed by atoms with van der Waals surface area (Å²) in [7, 11) is 5.90. The van der Waals surface area contributed by atoms with Gasteiger partial charge in [0.1, 0.15) is 5.75 Å². The molecule has 0 aliphatic carbocycles. The van der Waals surface area contributed by atoms with E-state index in [0.29, 0.717) is 0 Å². The summed E-state index contributed by atoms with van der Waals surface area (Å²) in [5.74, 6) is 0.913. The molecule has 0 amide bonds. The van der Waals surface area contributed by atoms with Crippen molar-refractivity contribution in [2.75, 3.05) is 27.7 Å². The minimum Gasteiger partial charge on any atom is -0.497 e. The average molecular weight is 236 g/mol. The molecule has 0 atom stereocenters. The maximum atomic E-state index is 5.20. The zero-order valence-corrected chi connectivity index (χ0v) is 11.6. The Morgan fingerprint density at radius 3 is 2.59 bits per heavy atom. The first-order valence-corrected chi connectivity index (χ1v) is 5.97. The Kier molecular flexibility index (Phi) is 4.97. The van der Waals surface area contributed by atoms with Crippen molar-refractivity contribution in [3.05, 3.63) is 29.8 Å². The van der Waals surface area contributed by atoms with Gasteiger partial charge in [-0.05, 0) is 45.6 Å². The van der Waals surface area contributed by atoms with Crippen LogP contribution < -0.4 is 10.1 Å². The van der Waals surface area contributed by atoms with Crippen molar-refractivity contribution < 1.29 is 4.74 Å². The molecule has 1 N–H and O–H groups in total. The van der Waals surface area contributed by atoms with E-state index in [1.54, 1.807) is 7.11 Å². The second kappa shape index (κ2) is 6.03. The molecule has 3 nitrogen and oxygen atoms in total. The fourth-order valence-electron chi connectivity index (χ4n) is 1.45. The van der Waals surface area contributed by atoms with Crippen molar-refractivity contribution in [1.29, 1.82) is 0 Å². The van der Waals surface area contributed by atoms with Gasteiger partial charge in [0.2, 0.25) is 0 Å². The number of rotatable bonds is 6. The van der Waals surface area contributed by atoms with E-state index in [9.17, 15) is 0 Å². The molecular formula is C14H24N2O. The average Bonchev–Trinajstić information content (AvgIpc) is 2.29. The molecule has 0 bridgehead atoms. The van der Waals surface area contributed by atoms with Crippen LogP contribution in [0.4, 0.5) is 0 Å². The molecule has 3 heteroatoms. The number of nitrogens with one attached hydrogen (secondary N) is 1. The largest absolute Gasteiger partial charge is 0.497 e. The van der Waals surface area contributed by atoms with Crippen LogP contribution in [0.5, 0.6) is 5.75 Å². The molecule has 96 valence electrons. The molecule has 1 aromatic rings. The van der Waals surface area contributed by atoms with Crippen LogP contribution in [0.2, 0.25) is 0 Å². The van der Waals surface area contributed by atoms with E-state index in [4.69, 9.17) is 4.74 Å². The Balaban J connectivity index is 2.45. The van der Waals surface area contributed by atoms with Gasteiger partial charge in [-0.1, -0.05) is 12.1 Å². The third-order valence-corrected chi connectivity index (χ3v) is 3.23. The van der Waals surface area contributed by atoms with Gasteiger partial charge >= 0.3 is 0 Å². The monoisotopic (exact) mass is 236 g/mol. The summed E-state index contributed by atoms with van der Waals surface area (Å²) < 4.78 is 5.20. The molecule has 0 saturated heterocycles. The van der Waals surface area contributed by atoms with Crippen molar-refractivity contribution >= 4 is 0 Å². The Morgan fingerprint density at radius 2 is 2.00 bits per heavy atom. The second-order valence-corrected chi connectivity index (χ2v) is 5.16. The molecule has 0 aliphatic heterocycles. The number of methoxy groups -OCH3 is 1. The minimum absolute atomic E-state index is 0.166. The maximum absolute atomic E-state index is 5.20. The van der Waals surface area contributed by atoms with Crippen LogP contribution in [-0.2, 0) is 6.54 Å². The van der Waals surface area contributed by atoms with Crippen LogP contribution in [0.15, 0.2) is 24.3 Å². The van der Waals surface area contributed by atoms with E-state index < -0.39 is 0 Å². The zero-order chi connectivity index (χ0) is 12.9. The molecule has 0 unspecified atom stereocenters. The van der Waals surface area contributed by atoms with E-state index >= 15 is 0 Å². The summed E-state index contributed by atoms with van der Waals surface area (Å²) in [5.41, 5.74) is 1.41. The number of ether oxygens (including phenoxy) is 1. The lowest BCUT2D eigenvalue weighted by Crippen LogP contribution is -2.46. The Hall–Kier alpha value is -1.06. The Morgan fingerprint density at radius 1 is 1.29 bits per heavy atom. The second-order valence-electron chi connectivity index (χ2n) is 5.16. The summed E-state index contributed by atoms with van der Waals surface area (Å²) in [5, 5.41) is 3.48. The molecule has 1 aromatic carbocycles. The first-order valence-electron chi connectivity index (χ1n) is 5.97. The van der Waals surface area contributed by atoms with Crippen molar-refractivity contribution in [1.82, 2.24) is 10.2 Å². The highest BCUT2D eigenvalue weighted by molar-refractivity contribution is 5.28. The SMILES string of the molecule is COc1cccc(CNCC(C)(C)N(C)C)c1. The van der Waals surface area contributed by atoms with Crippen LogP contribution in [-0.4, -0.2) is 38.2 Å². The molecule has 0 spiro atoms. The lowest BCUT2D eigenvalue weighted by molar-refractivity contribution is 0.190. The molecule has 1 rings (SSSR count). The molecule has 0 aliphatic rings. The quantitative estimate of drug-likeness (QED) is 0.819. The van der Waals surface area contributed by atoms with E-state index in [0.717, 1.165) is 18.8 Å². The molecule has 17 heavy (non-hydrogen) atoms. The first-order chi connectivity index (χ1) is 7.95. The van der Waals surface area contributed by atoms with Crippen molar-refractivity contribution in [2.45, 2.75) is 25.9 Å². The number of hydrogen-bond donors (Lipinski definition) is 1. The highest BCUT2D eigenvalue weighted by atomic mass is 16.5. The topological polar surface area (TPSA) is 24.5 Å². The third-order valence-electron chi connectivity index (χ3n) is 3.23. The molecule has 0 fully saturated rings. The van der Waals surface area contributed by atoms with Crippen LogP contribution >= 0.6 is 0 Å². The number of hydrogen-bond acceptors (Lipinski definition) is 3. The summed E-state index contributed by atoms with van der Waals surface area (Å²) in [6.45, 7) is 6.28. The van der Waals surface area contributed by atoms with E-state index in [1.807, 2.05) is 12.1 Å². The van der Waals surface area contributed by atoms with Gasteiger partial charge in [0.15, 0.2) is 0 Å². The van der Waals surface area contributed by atoms with Gasteiger partial charge < -0.3 is 15.0 Å². The molecular weight excluding hydrogens is 212 g/mol. The molecule has 0 radical (unpaired) electrons. The van der Waals surface area contributed by atoms with E-state index in [2.05, 4.69) is 50.3 Å². The fourth-order valence-corrected chi connectivity index (χ4v) is 1.45. The number of benzene rings is 1. The molecule has 0 heterocycles. The standard InChI is InChI=1S/C14H24N2O/c1-14(2,16(3)4)11-15-10-12-7-6-8-13(9-12)17-5/h6-9,15H,10-11H2,1-5H3. The van der Waals surface area contributed by atoms with Gasteiger partial charge in [-0.15, -0.1) is 0 Å². The molecule has 0 aromatic heterocycles. The third kappa shape index (κ3) is 4.36. The molecule has 0 saturated carbocycles. The van der Waals surface area contributed by atoms with Gasteiger partial charge in [0.25, 0.3) is 0 Å². The van der Waals surface area contributed by atoms with Crippen molar-refractivity contribution in [3.63, 3.8) is 0 Å². The smallest absolute Gasteiger partial charge is 0.119 e. The minimum atomic E-state index is 0.166. The van der Waals surface area contributed by atoms with Gasteiger partial charge in [-0.2, -0.15) is 0 Å².